The van der Waals surface area contributed by atoms with Gasteiger partial charge < -0.3 is 25.5 Å². The van der Waals surface area contributed by atoms with E-state index in [1.165, 1.54) is 9.58 Å². The van der Waals surface area contributed by atoms with Crippen LogP contribution < -0.4 is 10.0 Å². The van der Waals surface area contributed by atoms with Gasteiger partial charge in [-0.05, 0) is 37.0 Å². The molecule has 4 rings (SSSR count). The number of carbonyl (C=O) groups is 2. The van der Waals surface area contributed by atoms with E-state index < -0.39 is 51.9 Å². The highest BCUT2D eigenvalue weighted by Crippen LogP contribution is 2.45. The first kappa shape index (κ1) is 27.7. The highest BCUT2D eigenvalue weighted by Gasteiger charge is 2.58. The van der Waals surface area contributed by atoms with Gasteiger partial charge in [-0.3, -0.25) is 14.3 Å². The third-order valence-electron chi connectivity index (χ3n) is 7.13. The molecule has 1 saturated carbocycles. The Labute approximate surface area is 219 Å². The fraction of sp³-hybridized carbons (Fsp3) is 0.500. The summed E-state index contributed by atoms with van der Waals surface area (Å²) in [6, 6.07) is 8.80. The smallest absolute Gasteiger partial charge is 0.272 e. The maximum Gasteiger partial charge on any atom is 0.272 e. The van der Waals surface area contributed by atoms with Crippen molar-refractivity contribution in [3.8, 4) is 6.07 Å². The number of aliphatic hydroxyl groups is 3. The third kappa shape index (κ3) is 5.03. The van der Waals surface area contributed by atoms with Gasteiger partial charge in [0.1, 0.15) is 16.0 Å². The molecule has 0 atom stereocenters. The topological polar surface area (TPSA) is 198 Å². The van der Waals surface area contributed by atoms with E-state index in [2.05, 4.69) is 15.1 Å². The Hall–Kier alpha value is -3.35. The predicted molar refractivity (Wildman–Crippen MR) is 133 cm³/mol. The number of hydrogen-bond acceptors (Lipinski definition) is 9. The lowest BCUT2D eigenvalue weighted by Crippen LogP contribution is -2.60. The van der Waals surface area contributed by atoms with Gasteiger partial charge in [-0.2, -0.15) is 10.4 Å². The molecule has 2 aromatic rings. The molecule has 2 amide bonds. The zero-order valence-corrected chi connectivity index (χ0v) is 21.7. The van der Waals surface area contributed by atoms with Gasteiger partial charge in [-0.25, -0.2) is 13.1 Å². The molecule has 0 radical (unpaired) electrons. The van der Waals surface area contributed by atoms with Crippen LogP contribution in [-0.2, 0) is 30.0 Å². The van der Waals surface area contributed by atoms with Crippen molar-refractivity contribution in [2.75, 3.05) is 32.9 Å². The van der Waals surface area contributed by atoms with Crippen molar-refractivity contribution in [3.63, 3.8) is 0 Å². The molecule has 38 heavy (non-hydrogen) atoms. The monoisotopic (exact) mass is 546 g/mol. The van der Waals surface area contributed by atoms with E-state index >= 15 is 0 Å². The van der Waals surface area contributed by atoms with Crippen LogP contribution in [0.4, 0.5) is 0 Å². The summed E-state index contributed by atoms with van der Waals surface area (Å²) in [5.41, 5.74) is 0.302. The van der Waals surface area contributed by atoms with Crippen molar-refractivity contribution < 1.29 is 33.3 Å². The molecule has 0 bridgehead atoms. The fourth-order valence-electron chi connectivity index (χ4n) is 4.51. The van der Waals surface area contributed by atoms with Gasteiger partial charge in [0.05, 0.1) is 31.5 Å². The van der Waals surface area contributed by atoms with Crippen LogP contribution in [0.25, 0.3) is 0 Å². The van der Waals surface area contributed by atoms with E-state index in [0.717, 1.165) is 5.56 Å². The number of sulfonamides is 1. The molecule has 1 fully saturated rings. The third-order valence-corrected chi connectivity index (χ3v) is 9.51. The van der Waals surface area contributed by atoms with E-state index in [1.807, 2.05) is 6.07 Å². The number of aryl methyl sites for hydroxylation is 1. The molecule has 5 N–H and O–H groups in total. The first-order chi connectivity index (χ1) is 18.0. The Bertz CT molecular complexity index is 1360. The van der Waals surface area contributed by atoms with E-state index in [-0.39, 0.29) is 43.9 Å². The molecule has 1 aliphatic heterocycles. The van der Waals surface area contributed by atoms with Crippen molar-refractivity contribution >= 4 is 21.8 Å². The highest BCUT2D eigenvalue weighted by atomic mass is 32.2. The van der Waals surface area contributed by atoms with Gasteiger partial charge in [-0.1, -0.05) is 12.1 Å². The second-order valence-electron chi connectivity index (χ2n) is 9.81. The van der Waals surface area contributed by atoms with Gasteiger partial charge in [0.15, 0.2) is 5.69 Å². The zero-order chi connectivity index (χ0) is 27.7. The van der Waals surface area contributed by atoms with E-state index in [0.29, 0.717) is 17.5 Å². The Morgan fingerprint density at radius 3 is 2.37 bits per heavy atom. The number of nitriles is 1. The SMILES string of the molecule is Cn1nc(C(=O)NCc2ccc(C#N)cc2)c2c1C(=O)N(CC1(S(=O)(=O)NC(CO)(CO)CO)CC1)CC2. The summed E-state index contributed by atoms with van der Waals surface area (Å²) in [5, 5.41) is 44.6. The molecule has 1 aromatic carbocycles. The number of nitrogens with zero attached hydrogens (tertiary/aromatic N) is 4. The average Bonchev–Trinajstić information content (AvgIpc) is 3.64. The van der Waals surface area contributed by atoms with Gasteiger partial charge in [0, 0.05) is 32.2 Å². The Morgan fingerprint density at radius 1 is 1.18 bits per heavy atom. The summed E-state index contributed by atoms with van der Waals surface area (Å²) < 4.78 is 28.5. The highest BCUT2D eigenvalue weighted by molar-refractivity contribution is 7.91. The summed E-state index contributed by atoms with van der Waals surface area (Å²) in [4.78, 5) is 27.7. The Balaban J connectivity index is 1.47. The number of fused-ring (bicyclic) bond motifs is 1. The lowest BCUT2D eigenvalue weighted by molar-refractivity contribution is 0.0575. The van der Waals surface area contributed by atoms with Crippen molar-refractivity contribution in [3.05, 3.63) is 52.3 Å². The lowest BCUT2D eigenvalue weighted by atomic mass is 10.0. The van der Waals surface area contributed by atoms with E-state index in [4.69, 9.17) is 5.26 Å². The largest absolute Gasteiger partial charge is 0.394 e. The summed E-state index contributed by atoms with van der Waals surface area (Å²) in [7, 11) is -2.59. The summed E-state index contributed by atoms with van der Waals surface area (Å²) in [6.45, 7) is -2.13. The molecule has 2 heterocycles. The second-order valence-corrected chi connectivity index (χ2v) is 11.9. The fourth-order valence-corrected chi connectivity index (χ4v) is 6.45. The minimum absolute atomic E-state index is 0.121. The predicted octanol–water partition coefficient (Wildman–Crippen LogP) is -1.61. The molecule has 1 aromatic heterocycles. The first-order valence-corrected chi connectivity index (χ1v) is 13.5. The standard InChI is InChI=1S/C24H30N6O7S/c1-29-20-18(19(27-29)21(34)26-11-17-4-2-16(10-25)3-5-17)6-9-30(22(20)35)12-24(7-8-24)38(36,37)28-23(13-31,14-32)15-33/h2-5,28,31-33H,6-9,11-15H2,1H3,(H,26,34). The van der Waals surface area contributed by atoms with Gasteiger partial charge >= 0.3 is 0 Å². The van der Waals surface area contributed by atoms with Gasteiger partial charge in [0.25, 0.3) is 11.8 Å². The van der Waals surface area contributed by atoms with Crippen LogP contribution in [0.5, 0.6) is 0 Å². The van der Waals surface area contributed by atoms with Crippen LogP contribution >= 0.6 is 0 Å². The summed E-state index contributed by atoms with van der Waals surface area (Å²) in [5.74, 6) is -0.905. The number of aromatic nitrogens is 2. The molecule has 204 valence electrons. The maximum absolute atomic E-state index is 13.4. The van der Waals surface area contributed by atoms with Crippen LogP contribution in [0.15, 0.2) is 24.3 Å². The molecule has 0 unspecified atom stereocenters. The minimum Gasteiger partial charge on any atom is -0.394 e. The van der Waals surface area contributed by atoms with Gasteiger partial charge in [0.2, 0.25) is 10.0 Å². The lowest BCUT2D eigenvalue weighted by Gasteiger charge is -2.34. The van der Waals surface area contributed by atoms with Crippen LogP contribution in [0.1, 0.15) is 50.5 Å². The first-order valence-electron chi connectivity index (χ1n) is 12.0. The van der Waals surface area contributed by atoms with E-state index in [9.17, 15) is 33.3 Å². The quantitative estimate of drug-likeness (QED) is 0.220. The average molecular weight is 547 g/mol. The minimum atomic E-state index is -4.13. The number of rotatable bonds is 11. The number of amides is 2. The molecule has 14 heteroatoms. The number of benzene rings is 1. The Morgan fingerprint density at radius 2 is 1.82 bits per heavy atom. The van der Waals surface area contributed by atoms with E-state index in [1.54, 1.807) is 31.3 Å². The normalized spacial score (nSPS) is 16.6. The summed E-state index contributed by atoms with van der Waals surface area (Å²) in [6.07, 6.45) is 0.837. The zero-order valence-electron chi connectivity index (χ0n) is 20.8. The van der Waals surface area contributed by atoms with Gasteiger partial charge in [-0.15, -0.1) is 0 Å². The van der Waals surface area contributed by atoms with Crippen molar-refractivity contribution in [1.29, 1.82) is 5.26 Å². The van der Waals surface area contributed by atoms with Crippen LogP contribution in [-0.4, -0.2) is 93.4 Å². The number of hydrogen-bond donors (Lipinski definition) is 5. The van der Waals surface area contributed by atoms with Crippen molar-refractivity contribution in [2.45, 2.75) is 36.1 Å². The number of aliphatic hydroxyl groups excluding tert-OH is 3. The second kappa shape index (κ2) is 10.4. The van der Waals surface area contributed by atoms with Crippen LogP contribution in [0.3, 0.4) is 0 Å². The number of nitrogens with one attached hydrogen (secondary N) is 2. The van der Waals surface area contributed by atoms with Crippen molar-refractivity contribution in [1.82, 2.24) is 24.7 Å². The van der Waals surface area contributed by atoms with Crippen molar-refractivity contribution in [2.24, 2.45) is 7.05 Å². The Kier molecular flexibility index (Phi) is 7.60. The van der Waals surface area contributed by atoms with Crippen LogP contribution in [0.2, 0.25) is 0 Å². The molecule has 1 aliphatic carbocycles. The maximum atomic E-state index is 13.4. The van der Waals surface area contributed by atoms with Crippen LogP contribution in [0, 0.1) is 11.3 Å². The summed E-state index contributed by atoms with van der Waals surface area (Å²) >= 11 is 0. The molecular formula is C24H30N6O7S. The molecular weight excluding hydrogens is 516 g/mol. The molecule has 0 spiro atoms. The molecule has 0 saturated heterocycles. The molecule has 2 aliphatic rings. The number of carbonyl (C=O) groups excluding carboxylic acids is 2. The molecule has 13 nitrogen and oxygen atoms in total.